The fourth-order valence-electron chi connectivity index (χ4n) is 0.167. The summed E-state index contributed by atoms with van der Waals surface area (Å²) in [6.45, 7) is 2.36. The maximum Gasteiger partial charge on any atom is 0.494 e. The zero-order chi connectivity index (χ0) is 4.99. The van der Waals surface area contributed by atoms with Crippen LogP contribution in [0.4, 0.5) is 4.42 Å². The van der Waals surface area contributed by atoms with Crippen LogP contribution in [0.15, 0.2) is 0 Å². The van der Waals surface area contributed by atoms with Crippen molar-refractivity contribution in [3.8, 4) is 0 Å². The van der Waals surface area contributed by atoms with E-state index in [0.29, 0.717) is 6.61 Å². The summed E-state index contributed by atoms with van der Waals surface area (Å²) in [5.74, 6) is 0. The topological polar surface area (TPSA) is 63.3 Å². The molecule has 0 aliphatic heterocycles. The Hall–Kier alpha value is -0.730. The summed E-state index contributed by atoms with van der Waals surface area (Å²) in [6, 6.07) is 0.0394. The van der Waals surface area contributed by atoms with Crippen LogP contribution < -0.4 is 11.5 Å². The van der Waals surface area contributed by atoms with Crippen LogP contribution in [-0.2, 0) is 0 Å². The van der Waals surface area contributed by atoms with Crippen molar-refractivity contribution in [1.82, 2.24) is 0 Å². The molecule has 0 aromatic carbocycles. The predicted octanol–water partition coefficient (Wildman–Crippen LogP) is -0.421. The number of amides is 2. The molecule has 0 aromatic rings. The van der Waals surface area contributed by atoms with Crippen molar-refractivity contribution in [3.63, 3.8) is 0 Å². The Labute approximate surface area is 36.6 Å². The Balaban J connectivity index is 3.14. The fourth-order valence-corrected chi connectivity index (χ4v) is 0.167. The van der Waals surface area contributed by atoms with Gasteiger partial charge in [0.1, 0.15) is 0 Å². The Morgan fingerprint density at radius 1 is 1.67 bits per heavy atom. The molecule has 0 atom stereocenters. The Morgan fingerprint density at radius 3 is 2.17 bits per heavy atom. The van der Waals surface area contributed by atoms with E-state index in [9.17, 15) is 0 Å². The molecule has 0 unspecified atom stereocenters. The first kappa shape index (κ1) is 5.27. The van der Waals surface area contributed by atoms with E-state index >= 15 is 0 Å². The average Bonchev–Trinajstić information content (AvgIpc) is 1.35. The zero-order valence-electron chi connectivity index (χ0n) is 3.77. The second-order valence-electron chi connectivity index (χ2n) is 0.835. The van der Waals surface area contributed by atoms with Gasteiger partial charge in [-0.05, 0) is 0 Å². The number of carbonyl (C=O) groups excluding carboxylic acids is 1. The third-order valence-corrected chi connectivity index (χ3v) is 0.311. The second kappa shape index (κ2) is 2.50. The van der Waals surface area contributed by atoms with Crippen LogP contribution in [0.25, 0.3) is 0 Å². The highest BCUT2D eigenvalue weighted by atomic mass is 16.4. The molecule has 3 nitrogen and oxygen atoms in total. The summed E-state index contributed by atoms with van der Waals surface area (Å²) in [6.07, 6.45) is 0. The Bertz CT molecular complexity index is 55.8. The summed E-state index contributed by atoms with van der Waals surface area (Å²) in [4.78, 5) is 0. The van der Waals surface area contributed by atoms with Gasteiger partial charge in [0.25, 0.3) is 6.61 Å². The molecule has 0 bridgehead atoms. The fraction of sp³-hybridized carbons (Fsp3) is 0.667. The van der Waals surface area contributed by atoms with Crippen molar-refractivity contribution < 1.29 is 4.42 Å². The molecule has 0 heterocycles. The maximum atomic E-state index is 4.88. The summed E-state index contributed by atoms with van der Waals surface area (Å²) in [5, 5.41) is 0. The van der Waals surface area contributed by atoms with Gasteiger partial charge >= 0.3 is 6.03 Å². The van der Waals surface area contributed by atoms with Gasteiger partial charge in [0.05, 0.1) is 0 Å². The average molecular weight is 89.1 g/mol. The van der Waals surface area contributed by atoms with E-state index in [2.05, 4.69) is 4.42 Å². The van der Waals surface area contributed by atoms with Gasteiger partial charge in [0.15, 0.2) is 0 Å². The normalized spacial score (nSPS) is 7.50. The van der Waals surface area contributed by atoms with Crippen molar-refractivity contribution in [1.29, 1.82) is 0 Å². The Morgan fingerprint density at radius 2 is 2.17 bits per heavy atom. The predicted molar refractivity (Wildman–Crippen MR) is 24.3 cm³/mol. The lowest BCUT2D eigenvalue weighted by molar-refractivity contribution is -0.127. The number of hydrogen-bond acceptors (Lipinski definition) is 0. The molecule has 0 rings (SSSR count). The minimum absolute atomic E-state index is 0.0394. The van der Waals surface area contributed by atoms with Crippen molar-refractivity contribution in [3.05, 3.63) is 0 Å². The largest absolute Gasteiger partial charge is 0.494 e. The molecule has 0 fully saturated rings. The maximum absolute atomic E-state index is 4.88. The van der Waals surface area contributed by atoms with E-state index in [-0.39, 0.29) is 6.03 Å². The summed E-state index contributed by atoms with van der Waals surface area (Å²) in [5.41, 5.74) is 9.75. The summed E-state index contributed by atoms with van der Waals surface area (Å²) >= 11 is 0. The van der Waals surface area contributed by atoms with Crippen LogP contribution in [0.1, 0.15) is 6.92 Å². The van der Waals surface area contributed by atoms with Gasteiger partial charge in [0.2, 0.25) is 0 Å². The lowest BCUT2D eigenvalue weighted by Crippen LogP contribution is -2.21. The van der Waals surface area contributed by atoms with E-state index in [4.69, 9.17) is 11.5 Å². The van der Waals surface area contributed by atoms with Crippen molar-refractivity contribution in [2.45, 2.75) is 6.92 Å². The van der Waals surface area contributed by atoms with E-state index in [1.54, 1.807) is 0 Å². The SMILES string of the molecule is CC[O+]=C(N)N. The lowest BCUT2D eigenvalue weighted by Gasteiger charge is -1.67. The first-order valence-electron chi connectivity index (χ1n) is 1.78. The molecular weight excluding hydrogens is 80.0 g/mol. The quantitative estimate of drug-likeness (QED) is 0.410. The highest BCUT2D eigenvalue weighted by Gasteiger charge is 1.86. The molecule has 6 heavy (non-hydrogen) atoms. The van der Waals surface area contributed by atoms with Crippen molar-refractivity contribution >= 4 is 6.03 Å². The molecule has 2 amide bonds. The number of hydrogen-bond donors (Lipinski definition) is 2. The van der Waals surface area contributed by atoms with Crippen molar-refractivity contribution in [2.75, 3.05) is 6.61 Å². The van der Waals surface area contributed by atoms with E-state index in [1.165, 1.54) is 0 Å². The van der Waals surface area contributed by atoms with Gasteiger partial charge in [-0.15, -0.1) is 0 Å². The van der Waals surface area contributed by atoms with Crippen LogP contribution in [0.5, 0.6) is 0 Å². The number of rotatable bonds is 1. The van der Waals surface area contributed by atoms with E-state index in [1.807, 2.05) is 6.92 Å². The van der Waals surface area contributed by atoms with Gasteiger partial charge in [-0.3, -0.25) is 0 Å². The molecular formula is C3H9N2O+. The second-order valence-corrected chi connectivity index (χ2v) is 0.835. The van der Waals surface area contributed by atoms with Gasteiger partial charge in [-0.1, -0.05) is 0 Å². The number of primary amides is 2. The first-order valence-corrected chi connectivity index (χ1v) is 1.78. The van der Waals surface area contributed by atoms with Crippen LogP contribution in [0.2, 0.25) is 0 Å². The molecule has 0 aliphatic carbocycles. The monoisotopic (exact) mass is 89.1 g/mol. The molecule has 3 heteroatoms. The molecule has 4 N–H and O–H groups in total. The zero-order valence-corrected chi connectivity index (χ0v) is 3.77. The summed E-state index contributed by atoms with van der Waals surface area (Å²) < 4.78 is 4.51. The molecule has 0 aliphatic rings. The highest BCUT2D eigenvalue weighted by Crippen LogP contribution is 1.69. The minimum Gasteiger partial charge on any atom is -0.303 e. The molecule has 0 saturated heterocycles. The van der Waals surface area contributed by atoms with Gasteiger partial charge < -0.3 is 11.5 Å². The lowest BCUT2D eigenvalue weighted by atomic mass is 10.9. The number of nitrogens with two attached hydrogens (primary N) is 2. The van der Waals surface area contributed by atoms with Gasteiger partial charge in [-0.2, -0.15) is 0 Å². The molecule has 0 spiro atoms. The minimum atomic E-state index is 0.0394. The smallest absolute Gasteiger partial charge is 0.303 e. The number of urea groups is 1. The van der Waals surface area contributed by atoms with Crippen LogP contribution in [-0.4, -0.2) is 12.6 Å². The van der Waals surface area contributed by atoms with E-state index < -0.39 is 0 Å². The van der Waals surface area contributed by atoms with Gasteiger partial charge in [-0.25, -0.2) is 4.42 Å². The van der Waals surface area contributed by atoms with Crippen molar-refractivity contribution in [2.24, 2.45) is 11.5 Å². The van der Waals surface area contributed by atoms with Crippen LogP contribution >= 0.6 is 0 Å². The highest BCUT2D eigenvalue weighted by molar-refractivity contribution is 5.69. The summed E-state index contributed by atoms with van der Waals surface area (Å²) in [7, 11) is 0. The van der Waals surface area contributed by atoms with Crippen LogP contribution in [0, 0.1) is 0 Å². The van der Waals surface area contributed by atoms with Gasteiger partial charge in [0, 0.05) is 6.92 Å². The molecule has 0 aromatic heterocycles. The van der Waals surface area contributed by atoms with E-state index in [0.717, 1.165) is 0 Å². The first-order chi connectivity index (χ1) is 2.77. The third-order valence-electron chi connectivity index (χ3n) is 0.311. The van der Waals surface area contributed by atoms with Crippen LogP contribution in [0.3, 0.4) is 0 Å². The molecule has 36 valence electrons. The molecule has 0 radical (unpaired) electrons. The molecule has 0 saturated carbocycles. The standard InChI is InChI=1S/C3H9N2O/c1-2-6-3(4)5/h2,4-5H2,1H3/q+1. The Kier molecular flexibility index (Phi) is 2.20. The third kappa shape index (κ3) is 3.27.